The van der Waals surface area contributed by atoms with Crippen LogP contribution in [-0.4, -0.2) is 50.8 Å². The number of halogens is 1. The minimum absolute atomic E-state index is 0.111. The minimum Gasteiger partial charge on any atom is -0.368 e. The van der Waals surface area contributed by atoms with Crippen molar-refractivity contribution in [1.29, 1.82) is 0 Å². The van der Waals surface area contributed by atoms with Crippen molar-refractivity contribution in [3.05, 3.63) is 53.9 Å². The average Bonchev–Trinajstić information content (AvgIpc) is 3.18. The number of carbonyl (C=O) groups is 1. The highest BCUT2D eigenvalue weighted by molar-refractivity contribution is 6.14. The van der Waals surface area contributed by atoms with Gasteiger partial charge in [0.1, 0.15) is 11.3 Å². The maximum absolute atomic E-state index is 14.6. The average molecular weight is 476 g/mol. The van der Waals surface area contributed by atoms with E-state index in [-0.39, 0.29) is 17.3 Å². The third-order valence-electron chi connectivity index (χ3n) is 6.34. The zero-order chi connectivity index (χ0) is 24.9. The van der Waals surface area contributed by atoms with Gasteiger partial charge in [0, 0.05) is 72.7 Å². The van der Waals surface area contributed by atoms with Crippen molar-refractivity contribution in [2.24, 2.45) is 7.05 Å². The normalized spacial score (nSPS) is 18.5. The molecule has 4 aromatic rings. The molecule has 1 aliphatic rings. The molecular weight excluding hydrogens is 445 g/mol. The van der Waals surface area contributed by atoms with Crippen LogP contribution in [0, 0.1) is 5.82 Å². The first-order chi connectivity index (χ1) is 16.7. The molecule has 2 aromatic carbocycles. The van der Waals surface area contributed by atoms with E-state index in [1.165, 1.54) is 6.07 Å². The van der Waals surface area contributed by atoms with Gasteiger partial charge in [-0.2, -0.15) is 5.10 Å². The summed E-state index contributed by atoms with van der Waals surface area (Å²) in [5, 5.41) is 12.0. The fraction of sp³-hybridized carbons (Fsp3) is 0.385. The second-order valence-corrected chi connectivity index (χ2v) is 9.80. The molecule has 182 valence electrons. The highest BCUT2D eigenvalue weighted by atomic mass is 19.1. The summed E-state index contributed by atoms with van der Waals surface area (Å²) < 4.78 is 16.1. The fourth-order valence-corrected chi connectivity index (χ4v) is 4.86. The Morgan fingerprint density at radius 3 is 2.63 bits per heavy atom. The van der Waals surface area contributed by atoms with Crippen molar-refractivity contribution in [3.8, 4) is 0 Å². The number of aromatic nitrogens is 4. The number of hydrogen-bond donors (Lipinski definition) is 2. The summed E-state index contributed by atoms with van der Waals surface area (Å²) in [5.74, 6) is -0.0431. The molecule has 1 aliphatic heterocycles. The van der Waals surface area contributed by atoms with Crippen LogP contribution < -0.4 is 15.5 Å². The molecule has 0 unspecified atom stereocenters. The van der Waals surface area contributed by atoms with E-state index in [0.29, 0.717) is 40.1 Å². The predicted molar refractivity (Wildman–Crippen MR) is 137 cm³/mol. The second kappa shape index (κ2) is 8.88. The number of anilines is 2. The fourth-order valence-electron chi connectivity index (χ4n) is 4.86. The van der Waals surface area contributed by atoms with E-state index in [0.717, 1.165) is 24.2 Å². The van der Waals surface area contributed by atoms with Crippen LogP contribution in [0.5, 0.6) is 0 Å². The largest absolute Gasteiger partial charge is 0.368 e. The Hall–Kier alpha value is -3.59. The maximum atomic E-state index is 14.6. The van der Waals surface area contributed by atoms with Crippen LogP contribution in [0.25, 0.3) is 21.8 Å². The third-order valence-corrected chi connectivity index (χ3v) is 6.34. The number of amides is 1. The Labute approximate surface area is 203 Å². The molecule has 0 saturated carbocycles. The van der Waals surface area contributed by atoms with Crippen LogP contribution in [0.2, 0.25) is 0 Å². The summed E-state index contributed by atoms with van der Waals surface area (Å²) in [6.45, 7) is 10.1. The zero-order valence-corrected chi connectivity index (χ0v) is 20.6. The van der Waals surface area contributed by atoms with E-state index in [1.807, 2.05) is 26.1 Å². The van der Waals surface area contributed by atoms with E-state index in [2.05, 4.69) is 39.5 Å². The number of carbonyl (C=O) groups excluding carboxylic acids is 1. The van der Waals surface area contributed by atoms with E-state index >= 15 is 0 Å². The van der Waals surface area contributed by atoms with Gasteiger partial charge in [-0.1, -0.05) is 13.8 Å². The number of rotatable bonds is 4. The van der Waals surface area contributed by atoms with Crippen molar-refractivity contribution in [2.45, 2.75) is 45.7 Å². The standard InChI is InChI=1S/C26H30FN7O/c1-14(2)25-28-10-20-22(34-11-15(3)29-16(4)12-34)7-6-19(24(20)31-25)26(35)30-18-8-17-13-33(5)32-23(17)21(27)9-18/h6-10,13-16,29H,11-12H2,1-5H3,(H,30,35)/t15-,16-/m1/s1. The van der Waals surface area contributed by atoms with Crippen LogP contribution in [0.3, 0.4) is 0 Å². The lowest BCUT2D eigenvalue weighted by atomic mass is 10.0. The van der Waals surface area contributed by atoms with Gasteiger partial charge in [-0.3, -0.25) is 9.48 Å². The van der Waals surface area contributed by atoms with Crippen LogP contribution in [0.15, 0.2) is 36.7 Å². The highest BCUT2D eigenvalue weighted by Gasteiger charge is 2.25. The third kappa shape index (κ3) is 4.43. The lowest BCUT2D eigenvalue weighted by Crippen LogP contribution is -2.54. The second-order valence-electron chi connectivity index (χ2n) is 9.80. The van der Waals surface area contributed by atoms with Crippen LogP contribution >= 0.6 is 0 Å². The van der Waals surface area contributed by atoms with Crippen LogP contribution in [0.1, 0.15) is 49.8 Å². The Morgan fingerprint density at radius 1 is 1.17 bits per heavy atom. The molecule has 2 atom stereocenters. The lowest BCUT2D eigenvalue weighted by Gasteiger charge is -2.38. The monoisotopic (exact) mass is 475 g/mol. The number of benzene rings is 2. The first-order valence-corrected chi connectivity index (χ1v) is 11.9. The van der Waals surface area contributed by atoms with Crippen LogP contribution in [-0.2, 0) is 7.05 Å². The number of nitrogens with one attached hydrogen (secondary N) is 2. The van der Waals surface area contributed by atoms with E-state index in [1.54, 1.807) is 30.1 Å². The molecule has 0 radical (unpaired) electrons. The molecule has 0 spiro atoms. The molecule has 8 nitrogen and oxygen atoms in total. The Balaban J connectivity index is 1.56. The van der Waals surface area contributed by atoms with Crippen LogP contribution in [0.4, 0.5) is 15.8 Å². The topological polar surface area (TPSA) is 88.0 Å². The van der Waals surface area contributed by atoms with E-state index < -0.39 is 5.82 Å². The van der Waals surface area contributed by atoms with E-state index in [9.17, 15) is 9.18 Å². The van der Waals surface area contributed by atoms with Gasteiger partial charge in [0.15, 0.2) is 5.82 Å². The maximum Gasteiger partial charge on any atom is 0.257 e. The molecule has 5 rings (SSSR count). The molecule has 1 fully saturated rings. The van der Waals surface area contributed by atoms with Gasteiger partial charge in [-0.25, -0.2) is 14.4 Å². The number of nitrogens with zero attached hydrogens (tertiary/aromatic N) is 5. The first kappa shape index (κ1) is 23.2. The highest BCUT2D eigenvalue weighted by Crippen LogP contribution is 2.31. The van der Waals surface area contributed by atoms with Crippen molar-refractivity contribution in [3.63, 3.8) is 0 Å². The lowest BCUT2D eigenvalue weighted by molar-refractivity contribution is 0.102. The van der Waals surface area contributed by atoms with Gasteiger partial charge in [-0.05, 0) is 38.1 Å². The van der Waals surface area contributed by atoms with Gasteiger partial charge >= 0.3 is 0 Å². The molecule has 0 bridgehead atoms. The molecular formula is C26H30FN7O. The number of aryl methyl sites for hydroxylation is 1. The van der Waals surface area contributed by atoms with Gasteiger partial charge in [0.25, 0.3) is 5.91 Å². The molecule has 35 heavy (non-hydrogen) atoms. The van der Waals surface area contributed by atoms with Crippen molar-refractivity contribution in [1.82, 2.24) is 25.1 Å². The number of piperazine rings is 1. The number of fused-ring (bicyclic) bond motifs is 2. The smallest absolute Gasteiger partial charge is 0.257 e. The molecule has 3 heterocycles. The minimum atomic E-state index is -0.482. The van der Waals surface area contributed by atoms with Gasteiger partial charge in [-0.15, -0.1) is 0 Å². The Bertz CT molecular complexity index is 1420. The number of hydrogen-bond acceptors (Lipinski definition) is 6. The predicted octanol–water partition coefficient (Wildman–Crippen LogP) is 4.22. The Kier molecular flexibility index (Phi) is 5.88. The summed E-state index contributed by atoms with van der Waals surface area (Å²) in [6, 6.07) is 7.46. The molecule has 1 saturated heterocycles. The van der Waals surface area contributed by atoms with Crippen molar-refractivity contribution < 1.29 is 9.18 Å². The van der Waals surface area contributed by atoms with Gasteiger partial charge in [0.2, 0.25) is 0 Å². The summed E-state index contributed by atoms with van der Waals surface area (Å²) in [6.07, 6.45) is 3.54. The molecule has 2 N–H and O–H groups in total. The Morgan fingerprint density at radius 2 is 1.91 bits per heavy atom. The summed E-state index contributed by atoms with van der Waals surface area (Å²) in [5.41, 5.74) is 2.67. The summed E-state index contributed by atoms with van der Waals surface area (Å²) in [7, 11) is 1.73. The summed E-state index contributed by atoms with van der Waals surface area (Å²) in [4.78, 5) is 25.1. The first-order valence-electron chi connectivity index (χ1n) is 11.9. The molecule has 0 aliphatic carbocycles. The SMILES string of the molecule is CC(C)c1ncc2c(N3C[C@@H](C)N[C@H](C)C3)ccc(C(=O)Nc3cc(F)c4nn(C)cc4c3)c2n1. The van der Waals surface area contributed by atoms with Crippen molar-refractivity contribution in [2.75, 3.05) is 23.3 Å². The van der Waals surface area contributed by atoms with Crippen molar-refractivity contribution >= 4 is 39.1 Å². The quantitative estimate of drug-likeness (QED) is 0.460. The molecule has 9 heteroatoms. The zero-order valence-electron chi connectivity index (χ0n) is 20.6. The molecule has 1 amide bonds. The van der Waals surface area contributed by atoms with Gasteiger partial charge in [0.05, 0.1) is 11.1 Å². The summed E-state index contributed by atoms with van der Waals surface area (Å²) >= 11 is 0. The van der Waals surface area contributed by atoms with Gasteiger partial charge < -0.3 is 15.5 Å². The molecule has 2 aromatic heterocycles. The van der Waals surface area contributed by atoms with E-state index in [4.69, 9.17) is 4.98 Å².